The first kappa shape index (κ1) is 18.5. The summed E-state index contributed by atoms with van der Waals surface area (Å²) in [6.07, 6.45) is 1.94. The molecule has 0 bridgehead atoms. The maximum atomic E-state index is 12.2. The molecule has 0 aliphatic carbocycles. The molecule has 2 aromatic carbocycles. The van der Waals surface area contributed by atoms with Crippen LogP contribution in [0, 0.1) is 11.3 Å². The van der Waals surface area contributed by atoms with Crippen molar-refractivity contribution in [2.24, 2.45) is 0 Å². The van der Waals surface area contributed by atoms with Crippen LogP contribution in [0.4, 0.5) is 5.69 Å². The van der Waals surface area contributed by atoms with Gasteiger partial charge in [-0.3, -0.25) is 4.79 Å². The minimum Gasteiger partial charge on any atom is -0.488 e. The summed E-state index contributed by atoms with van der Waals surface area (Å²) in [6, 6.07) is 14.0. The number of ether oxygens (including phenoxy) is 2. The van der Waals surface area contributed by atoms with E-state index in [-0.39, 0.29) is 6.61 Å². The molecule has 1 N–H and O–H groups in total. The number of carbonyl (C=O) groups excluding carboxylic acids is 2. The van der Waals surface area contributed by atoms with Crippen LogP contribution < -0.4 is 10.1 Å². The number of rotatable bonds is 5. The molecule has 1 aliphatic rings. The van der Waals surface area contributed by atoms with Crippen LogP contribution in [0.5, 0.6) is 5.75 Å². The van der Waals surface area contributed by atoms with Gasteiger partial charge in [0.2, 0.25) is 0 Å². The number of esters is 1. The molecule has 27 heavy (non-hydrogen) atoms. The van der Waals surface area contributed by atoms with E-state index in [4.69, 9.17) is 26.3 Å². The maximum Gasteiger partial charge on any atom is 0.338 e. The summed E-state index contributed by atoms with van der Waals surface area (Å²) in [7, 11) is 0. The number of amides is 1. The first-order valence-corrected chi connectivity index (χ1v) is 8.49. The Hall–Kier alpha value is -3.30. The Labute approximate surface area is 161 Å². The van der Waals surface area contributed by atoms with Crippen LogP contribution in [0.15, 0.2) is 48.0 Å². The standard InChI is InChI=1S/C20H15ClN2O4/c21-16-3-6-18-14(10-16)9-15(11-26-18)20(25)27-12-19(24)23-17-4-1-13(2-5-17)7-8-22/h1-6,9-10H,7,11-12H2,(H,23,24). The van der Waals surface area contributed by atoms with Gasteiger partial charge in [-0.2, -0.15) is 5.26 Å². The molecule has 0 aromatic heterocycles. The zero-order valence-corrected chi connectivity index (χ0v) is 15.0. The van der Waals surface area contributed by atoms with Gasteiger partial charge in [0.15, 0.2) is 6.61 Å². The summed E-state index contributed by atoms with van der Waals surface area (Å²) < 4.78 is 10.5. The van der Waals surface area contributed by atoms with Gasteiger partial charge < -0.3 is 14.8 Å². The molecule has 0 saturated heterocycles. The molecular formula is C20H15ClN2O4. The van der Waals surface area contributed by atoms with Gasteiger partial charge in [0.05, 0.1) is 18.1 Å². The lowest BCUT2D eigenvalue weighted by molar-refractivity contribution is -0.143. The zero-order chi connectivity index (χ0) is 19.2. The average Bonchev–Trinajstić information content (AvgIpc) is 2.67. The molecule has 7 heteroatoms. The minimum absolute atomic E-state index is 0.0649. The average molecular weight is 383 g/mol. The van der Waals surface area contributed by atoms with Gasteiger partial charge in [-0.15, -0.1) is 0 Å². The Bertz CT molecular complexity index is 945. The van der Waals surface area contributed by atoms with E-state index >= 15 is 0 Å². The topological polar surface area (TPSA) is 88.4 Å². The zero-order valence-electron chi connectivity index (χ0n) is 14.2. The molecule has 0 radical (unpaired) electrons. The second-order valence-corrected chi connectivity index (χ2v) is 6.23. The van der Waals surface area contributed by atoms with Gasteiger partial charge in [-0.05, 0) is 42.0 Å². The smallest absolute Gasteiger partial charge is 0.338 e. The Morgan fingerprint density at radius 2 is 2.00 bits per heavy atom. The van der Waals surface area contributed by atoms with Crippen molar-refractivity contribution in [1.82, 2.24) is 0 Å². The fraction of sp³-hybridized carbons (Fsp3) is 0.150. The van der Waals surface area contributed by atoms with Crippen LogP contribution in [0.1, 0.15) is 11.1 Å². The molecule has 0 spiro atoms. The quantitative estimate of drug-likeness (QED) is 0.801. The highest BCUT2D eigenvalue weighted by Crippen LogP contribution is 2.29. The number of fused-ring (bicyclic) bond motifs is 1. The first-order valence-electron chi connectivity index (χ1n) is 8.11. The molecule has 1 aliphatic heterocycles. The highest BCUT2D eigenvalue weighted by atomic mass is 35.5. The summed E-state index contributed by atoms with van der Waals surface area (Å²) in [4.78, 5) is 24.1. The molecule has 1 heterocycles. The summed E-state index contributed by atoms with van der Waals surface area (Å²) in [5.74, 6) is -0.453. The van der Waals surface area contributed by atoms with Crippen LogP contribution >= 0.6 is 11.6 Å². The third kappa shape index (κ3) is 4.87. The van der Waals surface area contributed by atoms with Crippen LogP contribution in [-0.2, 0) is 20.7 Å². The number of hydrogen-bond acceptors (Lipinski definition) is 5. The molecule has 0 atom stereocenters. The van der Waals surface area contributed by atoms with E-state index in [1.54, 1.807) is 48.5 Å². The molecule has 0 saturated carbocycles. The number of anilines is 1. The number of nitrogens with zero attached hydrogens (tertiary/aromatic N) is 1. The van der Waals surface area contributed by atoms with E-state index in [9.17, 15) is 9.59 Å². The predicted molar refractivity (Wildman–Crippen MR) is 100 cm³/mol. The number of halogens is 1. The van der Waals surface area contributed by atoms with Crippen LogP contribution in [0.3, 0.4) is 0 Å². The highest BCUT2D eigenvalue weighted by Gasteiger charge is 2.19. The van der Waals surface area contributed by atoms with Crippen molar-refractivity contribution in [1.29, 1.82) is 5.26 Å². The van der Waals surface area contributed by atoms with Crippen molar-refractivity contribution >= 4 is 35.2 Å². The van der Waals surface area contributed by atoms with Crippen molar-refractivity contribution in [2.75, 3.05) is 18.5 Å². The van der Waals surface area contributed by atoms with Gasteiger partial charge in [0, 0.05) is 16.3 Å². The van der Waals surface area contributed by atoms with Gasteiger partial charge in [-0.25, -0.2) is 4.79 Å². The lowest BCUT2D eigenvalue weighted by Gasteiger charge is -2.17. The normalized spacial score (nSPS) is 12.1. The Morgan fingerprint density at radius 3 is 2.74 bits per heavy atom. The molecule has 2 aromatic rings. The van der Waals surface area contributed by atoms with Crippen molar-refractivity contribution in [3.63, 3.8) is 0 Å². The van der Waals surface area contributed by atoms with Crippen molar-refractivity contribution < 1.29 is 19.1 Å². The number of hydrogen-bond donors (Lipinski definition) is 1. The van der Waals surface area contributed by atoms with E-state index in [0.29, 0.717) is 34.0 Å². The number of benzene rings is 2. The molecule has 3 rings (SSSR count). The SMILES string of the molecule is N#CCc1ccc(NC(=O)COC(=O)C2=Cc3cc(Cl)ccc3OC2)cc1. The summed E-state index contributed by atoms with van der Waals surface area (Å²) in [6.45, 7) is -0.353. The Balaban J connectivity index is 1.54. The number of carbonyl (C=O) groups is 2. The van der Waals surface area contributed by atoms with E-state index in [2.05, 4.69) is 5.32 Å². The summed E-state index contributed by atoms with van der Waals surface area (Å²) >= 11 is 5.94. The predicted octanol–water partition coefficient (Wildman–Crippen LogP) is 3.36. The fourth-order valence-corrected chi connectivity index (χ4v) is 2.66. The van der Waals surface area contributed by atoms with Crippen molar-refractivity contribution in [3.8, 4) is 11.8 Å². The maximum absolute atomic E-state index is 12.2. The largest absolute Gasteiger partial charge is 0.488 e. The van der Waals surface area contributed by atoms with Crippen LogP contribution in [0.25, 0.3) is 6.08 Å². The first-order chi connectivity index (χ1) is 13.0. The minimum atomic E-state index is -0.625. The van der Waals surface area contributed by atoms with Crippen molar-refractivity contribution in [2.45, 2.75) is 6.42 Å². The van der Waals surface area contributed by atoms with Gasteiger partial charge in [0.1, 0.15) is 12.4 Å². The lowest BCUT2D eigenvalue weighted by atomic mass is 10.1. The van der Waals surface area contributed by atoms with Gasteiger partial charge in [0.25, 0.3) is 5.91 Å². The molecule has 136 valence electrons. The summed E-state index contributed by atoms with van der Waals surface area (Å²) in [5, 5.41) is 11.8. The molecule has 1 amide bonds. The highest BCUT2D eigenvalue weighted by molar-refractivity contribution is 6.30. The summed E-state index contributed by atoms with van der Waals surface area (Å²) in [5.41, 5.74) is 2.40. The molecule has 0 unspecified atom stereocenters. The van der Waals surface area contributed by atoms with Crippen LogP contribution in [0.2, 0.25) is 5.02 Å². The second-order valence-electron chi connectivity index (χ2n) is 5.80. The van der Waals surface area contributed by atoms with Crippen molar-refractivity contribution in [3.05, 3.63) is 64.2 Å². The third-order valence-corrected chi connectivity index (χ3v) is 4.04. The second kappa shape index (κ2) is 8.39. The van der Waals surface area contributed by atoms with Gasteiger partial charge in [-0.1, -0.05) is 23.7 Å². The molecular weight excluding hydrogens is 368 g/mol. The van der Waals surface area contributed by atoms with E-state index < -0.39 is 18.5 Å². The number of nitrogens with one attached hydrogen (secondary N) is 1. The lowest BCUT2D eigenvalue weighted by Crippen LogP contribution is -2.23. The number of nitriles is 1. The van der Waals surface area contributed by atoms with Gasteiger partial charge >= 0.3 is 5.97 Å². The Morgan fingerprint density at radius 1 is 1.22 bits per heavy atom. The van der Waals surface area contributed by atoms with E-state index in [1.165, 1.54) is 0 Å². The fourth-order valence-electron chi connectivity index (χ4n) is 2.48. The Kier molecular flexibility index (Phi) is 5.74. The third-order valence-electron chi connectivity index (χ3n) is 3.80. The molecule has 6 nitrogen and oxygen atoms in total. The molecule has 0 fully saturated rings. The van der Waals surface area contributed by atoms with E-state index in [0.717, 1.165) is 5.56 Å². The monoisotopic (exact) mass is 382 g/mol. The van der Waals surface area contributed by atoms with Crippen LogP contribution in [-0.4, -0.2) is 25.1 Å². The van der Waals surface area contributed by atoms with E-state index in [1.807, 2.05) is 6.07 Å².